The van der Waals surface area contributed by atoms with Crippen molar-refractivity contribution in [1.82, 2.24) is 20.3 Å². The molecular weight excluding hydrogens is 268 g/mol. The van der Waals surface area contributed by atoms with E-state index in [9.17, 15) is 4.79 Å². The summed E-state index contributed by atoms with van der Waals surface area (Å²) in [7, 11) is 4.14. The largest absolute Gasteiger partial charge is 0.361 e. The smallest absolute Gasteiger partial charge is 0.317 e. The van der Waals surface area contributed by atoms with E-state index in [4.69, 9.17) is 4.52 Å². The number of carbonyl (C=O) groups excluding carboxylic acids is 1. The van der Waals surface area contributed by atoms with Crippen LogP contribution in [-0.4, -0.2) is 54.7 Å². The lowest BCUT2D eigenvalue weighted by molar-refractivity contribution is 0.202. The van der Waals surface area contributed by atoms with Gasteiger partial charge in [0.2, 0.25) is 0 Å². The molecule has 1 aromatic heterocycles. The number of aromatic nitrogens is 1. The van der Waals surface area contributed by atoms with Crippen LogP contribution in [0.15, 0.2) is 4.52 Å². The Kier molecular flexibility index (Phi) is 4.88. The molecule has 2 rings (SSSR count). The second kappa shape index (κ2) is 6.47. The van der Waals surface area contributed by atoms with Gasteiger partial charge >= 0.3 is 6.03 Å². The summed E-state index contributed by atoms with van der Waals surface area (Å²) >= 11 is 0. The molecule has 0 bridgehead atoms. The van der Waals surface area contributed by atoms with E-state index >= 15 is 0 Å². The van der Waals surface area contributed by atoms with Crippen LogP contribution < -0.4 is 5.32 Å². The minimum Gasteiger partial charge on any atom is -0.361 e. The first-order valence-corrected chi connectivity index (χ1v) is 7.51. The molecule has 118 valence electrons. The molecular formula is C15H26N4O2. The highest BCUT2D eigenvalue weighted by molar-refractivity contribution is 5.75. The maximum atomic E-state index is 12.4. The average Bonchev–Trinajstić information content (AvgIpc) is 2.96. The molecule has 21 heavy (non-hydrogen) atoms. The first kappa shape index (κ1) is 15.8. The number of amides is 2. The zero-order valence-corrected chi connectivity index (χ0v) is 13.6. The van der Waals surface area contributed by atoms with Crippen molar-refractivity contribution < 1.29 is 9.32 Å². The molecule has 0 unspecified atom stereocenters. The Morgan fingerprint density at radius 3 is 2.81 bits per heavy atom. The molecule has 1 aliphatic heterocycles. The quantitative estimate of drug-likeness (QED) is 0.922. The third-order valence-electron chi connectivity index (χ3n) is 4.06. The molecule has 0 saturated carbocycles. The van der Waals surface area contributed by atoms with Crippen molar-refractivity contribution in [2.24, 2.45) is 5.92 Å². The van der Waals surface area contributed by atoms with Gasteiger partial charge in [-0.2, -0.15) is 0 Å². The van der Waals surface area contributed by atoms with E-state index in [0.717, 1.165) is 43.1 Å². The fraction of sp³-hybridized carbons (Fsp3) is 0.733. The zero-order valence-electron chi connectivity index (χ0n) is 13.6. The first-order valence-electron chi connectivity index (χ1n) is 7.51. The molecule has 2 heterocycles. The van der Waals surface area contributed by atoms with Gasteiger partial charge in [0.05, 0.1) is 11.7 Å². The minimum atomic E-state index is -0.0864. The molecule has 0 aliphatic carbocycles. The van der Waals surface area contributed by atoms with Crippen LogP contribution in [0, 0.1) is 19.8 Å². The van der Waals surface area contributed by atoms with Gasteiger partial charge in [-0.05, 0) is 47.2 Å². The molecule has 1 N–H and O–H groups in total. The third kappa shape index (κ3) is 3.75. The summed E-state index contributed by atoms with van der Waals surface area (Å²) in [5.41, 5.74) is 1.82. The predicted molar refractivity (Wildman–Crippen MR) is 81.2 cm³/mol. The Morgan fingerprint density at radius 1 is 1.52 bits per heavy atom. The fourth-order valence-electron chi connectivity index (χ4n) is 3.14. The average molecular weight is 294 g/mol. The summed E-state index contributed by atoms with van der Waals surface area (Å²) in [6, 6.07) is -0.0830. The van der Waals surface area contributed by atoms with Crippen molar-refractivity contribution in [2.75, 3.05) is 33.7 Å². The summed E-state index contributed by atoms with van der Waals surface area (Å²) in [4.78, 5) is 16.4. The Bertz CT molecular complexity index is 478. The van der Waals surface area contributed by atoms with Crippen LogP contribution in [0.2, 0.25) is 0 Å². The van der Waals surface area contributed by atoms with E-state index in [0.29, 0.717) is 5.92 Å². The number of hydrogen-bond acceptors (Lipinski definition) is 4. The molecule has 6 heteroatoms. The van der Waals surface area contributed by atoms with Crippen molar-refractivity contribution in [3.8, 4) is 0 Å². The summed E-state index contributed by atoms with van der Waals surface area (Å²) in [6.45, 7) is 8.44. The number of nitrogens with one attached hydrogen (secondary N) is 1. The van der Waals surface area contributed by atoms with Crippen molar-refractivity contribution in [2.45, 2.75) is 33.2 Å². The summed E-state index contributed by atoms with van der Waals surface area (Å²) < 4.78 is 5.16. The van der Waals surface area contributed by atoms with Crippen molar-refractivity contribution in [3.05, 3.63) is 17.0 Å². The van der Waals surface area contributed by atoms with Crippen LogP contribution in [0.25, 0.3) is 0 Å². The third-order valence-corrected chi connectivity index (χ3v) is 4.06. The molecule has 1 aromatic rings. The summed E-state index contributed by atoms with van der Waals surface area (Å²) in [5.74, 6) is 1.34. The number of rotatable bonds is 4. The van der Waals surface area contributed by atoms with Crippen LogP contribution in [-0.2, 0) is 0 Å². The predicted octanol–water partition coefficient (Wildman–Crippen LogP) is 1.95. The molecule has 6 nitrogen and oxygen atoms in total. The highest BCUT2D eigenvalue weighted by Crippen LogP contribution is 2.22. The van der Waals surface area contributed by atoms with Crippen LogP contribution in [0.3, 0.4) is 0 Å². The standard InChI is InChI=1S/C15H26N4O2/c1-10(14-11(2)17-21-12(14)3)16-15(20)19-7-6-13(9-19)8-18(4)5/h10,13H,6-9H2,1-5H3,(H,16,20)/t10-,13+/m0/s1. The molecule has 1 fully saturated rings. The maximum Gasteiger partial charge on any atom is 0.317 e. The van der Waals surface area contributed by atoms with E-state index in [1.54, 1.807) is 0 Å². The molecule has 2 atom stereocenters. The van der Waals surface area contributed by atoms with Gasteiger partial charge in [-0.3, -0.25) is 0 Å². The summed E-state index contributed by atoms with van der Waals surface area (Å²) in [5, 5.41) is 6.99. The lowest BCUT2D eigenvalue weighted by atomic mass is 10.1. The lowest BCUT2D eigenvalue weighted by Crippen LogP contribution is -2.40. The molecule has 1 aliphatic rings. The van der Waals surface area contributed by atoms with Crippen molar-refractivity contribution >= 4 is 6.03 Å². The number of hydrogen-bond donors (Lipinski definition) is 1. The summed E-state index contributed by atoms with van der Waals surface area (Å²) in [6.07, 6.45) is 1.07. The van der Waals surface area contributed by atoms with Crippen LogP contribution in [0.1, 0.15) is 36.4 Å². The molecule has 0 radical (unpaired) electrons. The van der Waals surface area contributed by atoms with Crippen molar-refractivity contribution in [3.63, 3.8) is 0 Å². The Hall–Kier alpha value is -1.56. The van der Waals surface area contributed by atoms with Crippen LogP contribution >= 0.6 is 0 Å². The number of likely N-dealkylation sites (tertiary alicyclic amines) is 1. The molecule has 1 saturated heterocycles. The highest BCUT2D eigenvalue weighted by Gasteiger charge is 2.28. The van der Waals surface area contributed by atoms with Gasteiger partial charge < -0.3 is 19.6 Å². The van der Waals surface area contributed by atoms with Crippen LogP contribution in [0.4, 0.5) is 4.79 Å². The van der Waals surface area contributed by atoms with Gasteiger partial charge in [-0.15, -0.1) is 0 Å². The van der Waals surface area contributed by atoms with Gasteiger partial charge in [-0.25, -0.2) is 4.79 Å². The van der Waals surface area contributed by atoms with Gasteiger partial charge in [0.1, 0.15) is 5.76 Å². The monoisotopic (exact) mass is 294 g/mol. The van der Waals surface area contributed by atoms with Gasteiger partial charge in [0.25, 0.3) is 0 Å². The van der Waals surface area contributed by atoms with Crippen LogP contribution in [0.5, 0.6) is 0 Å². The van der Waals surface area contributed by atoms with E-state index in [2.05, 4.69) is 29.5 Å². The van der Waals surface area contributed by atoms with Crippen molar-refractivity contribution in [1.29, 1.82) is 0 Å². The van der Waals surface area contributed by atoms with Gasteiger partial charge in [-0.1, -0.05) is 5.16 Å². The fourth-order valence-corrected chi connectivity index (χ4v) is 3.14. The number of aryl methyl sites for hydroxylation is 2. The van der Waals surface area contributed by atoms with E-state index in [1.807, 2.05) is 25.7 Å². The van der Waals surface area contributed by atoms with Gasteiger partial charge in [0, 0.05) is 25.2 Å². The minimum absolute atomic E-state index is 0.00348. The zero-order chi connectivity index (χ0) is 15.6. The Balaban J connectivity index is 1.90. The molecule has 0 aromatic carbocycles. The second-order valence-electron chi connectivity index (χ2n) is 6.27. The first-order chi connectivity index (χ1) is 9.88. The lowest BCUT2D eigenvalue weighted by Gasteiger charge is -2.21. The number of carbonyl (C=O) groups is 1. The Labute approximate surface area is 126 Å². The Morgan fingerprint density at radius 2 is 2.24 bits per heavy atom. The van der Waals surface area contributed by atoms with E-state index in [-0.39, 0.29) is 12.1 Å². The number of nitrogens with zero attached hydrogens (tertiary/aromatic N) is 3. The van der Waals surface area contributed by atoms with E-state index < -0.39 is 0 Å². The van der Waals surface area contributed by atoms with E-state index in [1.165, 1.54) is 0 Å². The second-order valence-corrected chi connectivity index (χ2v) is 6.27. The molecule has 0 spiro atoms. The molecule has 2 amide bonds. The number of urea groups is 1. The van der Waals surface area contributed by atoms with Gasteiger partial charge in [0.15, 0.2) is 0 Å². The normalized spacial score (nSPS) is 20.1. The maximum absolute atomic E-state index is 12.4. The SMILES string of the molecule is Cc1noc(C)c1[C@H](C)NC(=O)N1CC[C@H](CN(C)C)C1. The topological polar surface area (TPSA) is 61.6 Å². The highest BCUT2D eigenvalue weighted by atomic mass is 16.5.